The Morgan fingerprint density at radius 1 is 1.17 bits per heavy atom. The van der Waals surface area contributed by atoms with Crippen molar-refractivity contribution in [3.05, 3.63) is 35.6 Å². The van der Waals surface area contributed by atoms with Gasteiger partial charge in [0, 0.05) is 37.0 Å². The van der Waals surface area contributed by atoms with Gasteiger partial charge in [0.05, 0.1) is 0 Å². The van der Waals surface area contributed by atoms with Crippen LogP contribution in [0.5, 0.6) is 0 Å². The van der Waals surface area contributed by atoms with Gasteiger partial charge in [-0.25, -0.2) is 4.39 Å². The molecule has 0 saturated carbocycles. The number of rotatable bonds is 4. The standard InChI is InChI=1S/C18H23FN2O2/c19-15-7-5-13(6-8-15)18(23)14-3-2-10-21(12-14)17(22)11-16-4-1-9-20-16/h5-8,14,16,20H,1-4,9-12H2. The Bertz CT molecular complexity index is 567. The summed E-state index contributed by atoms with van der Waals surface area (Å²) in [6.45, 7) is 2.21. The second-order valence-corrected chi connectivity index (χ2v) is 6.55. The minimum absolute atomic E-state index is 0.0153. The van der Waals surface area contributed by atoms with Crippen LogP contribution in [0.25, 0.3) is 0 Å². The fourth-order valence-corrected chi connectivity index (χ4v) is 3.54. The monoisotopic (exact) mass is 318 g/mol. The molecule has 1 aromatic rings. The largest absolute Gasteiger partial charge is 0.342 e. The molecule has 1 amide bonds. The van der Waals surface area contributed by atoms with Crippen LogP contribution in [0.3, 0.4) is 0 Å². The van der Waals surface area contributed by atoms with Gasteiger partial charge < -0.3 is 10.2 Å². The number of likely N-dealkylation sites (tertiary alicyclic amines) is 1. The van der Waals surface area contributed by atoms with Gasteiger partial charge >= 0.3 is 0 Å². The third-order valence-electron chi connectivity index (χ3n) is 4.86. The fourth-order valence-electron chi connectivity index (χ4n) is 3.54. The topological polar surface area (TPSA) is 49.4 Å². The quantitative estimate of drug-likeness (QED) is 0.867. The molecule has 2 aliphatic rings. The highest BCUT2D eigenvalue weighted by Gasteiger charge is 2.30. The Morgan fingerprint density at radius 2 is 1.96 bits per heavy atom. The first-order chi connectivity index (χ1) is 11.1. The van der Waals surface area contributed by atoms with Gasteiger partial charge in [0.2, 0.25) is 5.91 Å². The number of nitrogens with zero attached hydrogens (tertiary/aromatic N) is 1. The Kier molecular flexibility index (Phi) is 5.06. The highest BCUT2D eigenvalue weighted by molar-refractivity contribution is 5.98. The second-order valence-electron chi connectivity index (χ2n) is 6.55. The molecule has 0 aliphatic carbocycles. The molecule has 5 heteroatoms. The molecule has 0 spiro atoms. The lowest BCUT2D eigenvalue weighted by molar-refractivity contribution is -0.133. The van der Waals surface area contributed by atoms with Crippen molar-refractivity contribution >= 4 is 11.7 Å². The van der Waals surface area contributed by atoms with Crippen LogP contribution < -0.4 is 5.32 Å². The van der Waals surface area contributed by atoms with Gasteiger partial charge in [-0.1, -0.05) is 0 Å². The first kappa shape index (κ1) is 16.1. The molecule has 0 radical (unpaired) electrons. The van der Waals surface area contributed by atoms with Crippen molar-refractivity contribution in [1.29, 1.82) is 0 Å². The molecule has 2 unspecified atom stereocenters. The zero-order valence-electron chi connectivity index (χ0n) is 13.3. The number of carbonyl (C=O) groups excluding carboxylic acids is 2. The number of benzene rings is 1. The number of piperidine rings is 1. The molecule has 2 heterocycles. The normalized spacial score (nSPS) is 24.7. The predicted molar refractivity (Wildman–Crippen MR) is 85.7 cm³/mol. The highest BCUT2D eigenvalue weighted by atomic mass is 19.1. The zero-order chi connectivity index (χ0) is 16.2. The van der Waals surface area contributed by atoms with E-state index in [4.69, 9.17) is 0 Å². The van der Waals surface area contributed by atoms with Gasteiger partial charge in [0.1, 0.15) is 5.82 Å². The van der Waals surface area contributed by atoms with Crippen LogP contribution in [0.2, 0.25) is 0 Å². The van der Waals surface area contributed by atoms with Crippen molar-refractivity contribution in [2.24, 2.45) is 5.92 Å². The number of amides is 1. The van der Waals surface area contributed by atoms with Crippen molar-refractivity contribution in [2.45, 2.75) is 38.1 Å². The summed E-state index contributed by atoms with van der Waals surface area (Å²) < 4.78 is 13.0. The maximum atomic E-state index is 13.0. The third kappa shape index (κ3) is 3.96. The molecule has 3 rings (SSSR count). The number of hydrogen-bond acceptors (Lipinski definition) is 3. The van der Waals surface area contributed by atoms with Crippen molar-refractivity contribution < 1.29 is 14.0 Å². The number of nitrogens with one attached hydrogen (secondary N) is 1. The van der Waals surface area contributed by atoms with Crippen molar-refractivity contribution in [3.8, 4) is 0 Å². The molecule has 124 valence electrons. The van der Waals surface area contributed by atoms with E-state index < -0.39 is 0 Å². The van der Waals surface area contributed by atoms with E-state index in [1.807, 2.05) is 4.90 Å². The Morgan fingerprint density at radius 3 is 2.65 bits per heavy atom. The molecule has 2 fully saturated rings. The van der Waals surface area contributed by atoms with Gasteiger partial charge in [-0.05, 0) is 56.5 Å². The van der Waals surface area contributed by atoms with E-state index in [2.05, 4.69) is 5.32 Å². The van der Waals surface area contributed by atoms with E-state index in [-0.39, 0.29) is 29.5 Å². The first-order valence-electron chi connectivity index (χ1n) is 8.44. The summed E-state index contributed by atoms with van der Waals surface area (Å²) >= 11 is 0. The van der Waals surface area contributed by atoms with Crippen LogP contribution in [-0.2, 0) is 4.79 Å². The number of halogens is 1. The third-order valence-corrected chi connectivity index (χ3v) is 4.86. The van der Waals surface area contributed by atoms with Crippen molar-refractivity contribution in [3.63, 3.8) is 0 Å². The molecule has 2 aliphatic heterocycles. The maximum Gasteiger partial charge on any atom is 0.224 e. The molecular weight excluding hydrogens is 295 g/mol. The van der Waals surface area contributed by atoms with E-state index >= 15 is 0 Å². The summed E-state index contributed by atoms with van der Waals surface area (Å²) in [5.41, 5.74) is 0.531. The van der Waals surface area contributed by atoms with E-state index in [9.17, 15) is 14.0 Å². The lowest BCUT2D eigenvalue weighted by atomic mass is 9.89. The van der Waals surface area contributed by atoms with Crippen LogP contribution >= 0.6 is 0 Å². The smallest absolute Gasteiger partial charge is 0.224 e. The van der Waals surface area contributed by atoms with Gasteiger partial charge in [0.15, 0.2) is 5.78 Å². The molecule has 23 heavy (non-hydrogen) atoms. The predicted octanol–water partition coefficient (Wildman–Crippen LogP) is 2.39. The van der Waals surface area contributed by atoms with E-state index in [0.717, 1.165) is 38.8 Å². The van der Waals surface area contributed by atoms with E-state index in [1.54, 1.807) is 0 Å². The van der Waals surface area contributed by atoms with E-state index in [1.165, 1.54) is 24.3 Å². The molecule has 0 bridgehead atoms. The average Bonchev–Trinajstić information content (AvgIpc) is 3.08. The molecule has 1 N–H and O–H groups in total. The average molecular weight is 318 g/mol. The summed E-state index contributed by atoms with van der Waals surface area (Å²) in [5.74, 6) is -0.358. The Balaban J connectivity index is 1.59. The highest BCUT2D eigenvalue weighted by Crippen LogP contribution is 2.22. The molecule has 0 aromatic heterocycles. The summed E-state index contributed by atoms with van der Waals surface area (Å²) in [6, 6.07) is 5.97. The number of ketones is 1. The van der Waals surface area contributed by atoms with Crippen LogP contribution in [0, 0.1) is 11.7 Å². The fraction of sp³-hybridized carbons (Fsp3) is 0.556. The van der Waals surface area contributed by atoms with Crippen LogP contribution in [0.1, 0.15) is 42.5 Å². The zero-order valence-corrected chi connectivity index (χ0v) is 13.3. The Hall–Kier alpha value is -1.75. The van der Waals surface area contributed by atoms with Crippen molar-refractivity contribution in [1.82, 2.24) is 10.2 Å². The number of Topliss-reactive ketones (excluding diaryl/α,β-unsaturated/α-hetero) is 1. The van der Waals surface area contributed by atoms with Crippen molar-refractivity contribution in [2.75, 3.05) is 19.6 Å². The molecule has 4 nitrogen and oxygen atoms in total. The molecular formula is C18H23FN2O2. The van der Waals surface area contributed by atoms with Gasteiger partial charge in [0.25, 0.3) is 0 Å². The number of hydrogen-bond donors (Lipinski definition) is 1. The minimum Gasteiger partial charge on any atom is -0.342 e. The SMILES string of the molecule is O=C(c1ccc(F)cc1)C1CCCN(C(=O)CC2CCCN2)C1. The van der Waals surface area contributed by atoms with Crippen LogP contribution in [-0.4, -0.2) is 42.3 Å². The Labute approximate surface area is 136 Å². The summed E-state index contributed by atoms with van der Waals surface area (Å²) in [7, 11) is 0. The first-order valence-corrected chi connectivity index (χ1v) is 8.44. The van der Waals surface area contributed by atoms with Gasteiger partial charge in [-0.15, -0.1) is 0 Å². The van der Waals surface area contributed by atoms with Gasteiger partial charge in [-0.2, -0.15) is 0 Å². The second kappa shape index (κ2) is 7.21. The molecule has 2 saturated heterocycles. The summed E-state index contributed by atoms with van der Waals surface area (Å²) in [6.07, 6.45) is 4.35. The van der Waals surface area contributed by atoms with E-state index in [0.29, 0.717) is 18.5 Å². The summed E-state index contributed by atoms with van der Waals surface area (Å²) in [5, 5.41) is 3.34. The van der Waals surface area contributed by atoms with Crippen LogP contribution in [0.4, 0.5) is 4.39 Å². The minimum atomic E-state index is -0.342. The summed E-state index contributed by atoms with van der Waals surface area (Å²) in [4.78, 5) is 26.8. The lowest BCUT2D eigenvalue weighted by Crippen LogP contribution is -2.44. The maximum absolute atomic E-state index is 13.0. The lowest BCUT2D eigenvalue weighted by Gasteiger charge is -2.32. The molecule has 2 atom stereocenters. The van der Waals surface area contributed by atoms with Crippen LogP contribution in [0.15, 0.2) is 24.3 Å². The number of carbonyl (C=O) groups is 2. The molecule has 1 aromatic carbocycles. The van der Waals surface area contributed by atoms with Gasteiger partial charge in [-0.3, -0.25) is 9.59 Å².